The summed E-state index contributed by atoms with van der Waals surface area (Å²) in [7, 11) is 1.70. The molecule has 0 spiro atoms. The number of nitrogens with zero attached hydrogens (tertiary/aromatic N) is 5. The van der Waals surface area contributed by atoms with Crippen molar-refractivity contribution in [2.24, 2.45) is 5.10 Å². The molecule has 1 aromatic heterocycles. The van der Waals surface area contributed by atoms with Crippen LogP contribution in [-0.2, 0) is 0 Å². The highest BCUT2D eigenvalue weighted by Crippen LogP contribution is 2.12. The van der Waals surface area contributed by atoms with E-state index in [9.17, 15) is 0 Å². The Morgan fingerprint density at radius 2 is 2.21 bits per heavy atom. The van der Waals surface area contributed by atoms with E-state index in [-0.39, 0.29) is 5.28 Å². The van der Waals surface area contributed by atoms with Gasteiger partial charge in [-0.3, -0.25) is 0 Å². The van der Waals surface area contributed by atoms with Crippen molar-refractivity contribution >= 4 is 30.2 Å². The van der Waals surface area contributed by atoms with E-state index < -0.39 is 0 Å². The highest BCUT2D eigenvalue weighted by molar-refractivity contribution is 6.28. The fraction of sp³-hybridized carbons (Fsp3) is 0.429. The van der Waals surface area contributed by atoms with Gasteiger partial charge >= 0.3 is 0 Å². The molecule has 76 valence electrons. The van der Waals surface area contributed by atoms with E-state index in [1.807, 2.05) is 6.92 Å². The summed E-state index contributed by atoms with van der Waals surface area (Å²) in [4.78, 5) is 11.8. The minimum atomic E-state index is 0.126. The number of hydrazone groups is 1. The number of anilines is 2. The van der Waals surface area contributed by atoms with E-state index in [1.165, 1.54) is 5.01 Å². The molecule has 0 fully saturated rings. The molecule has 0 aliphatic heterocycles. The molecule has 0 aliphatic carbocycles. The minimum Gasteiger partial charge on any atom is -0.357 e. The monoisotopic (exact) mass is 214 g/mol. The van der Waals surface area contributed by atoms with Crippen LogP contribution < -0.4 is 10.3 Å². The first-order valence-electron chi connectivity index (χ1n) is 4.04. The highest BCUT2D eigenvalue weighted by atomic mass is 35.5. The summed E-state index contributed by atoms with van der Waals surface area (Å²) in [5.41, 5.74) is 0. The zero-order valence-electron chi connectivity index (χ0n) is 8.03. The molecule has 0 unspecified atom stereocenters. The lowest BCUT2D eigenvalue weighted by Gasteiger charge is -2.13. The Morgan fingerprint density at radius 3 is 2.71 bits per heavy atom. The number of halogens is 1. The second kappa shape index (κ2) is 4.71. The van der Waals surface area contributed by atoms with Crippen LogP contribution in [0.5, 0.6) is 0 Å². The van der Waals surface area contributed by atoms with Crippen LogP contribution in [0.25, 0.3) is 0 Å². The largest absolute Gasteiger partial charge is 0.357 e. The van der Waals surface area contributed by atoms with E-state index in [2.05, 4.69) is 32.1 Å². The smallest absolute Gasteiger partial charge is 0.252 e. The molecule has 1 N–H and O–H groups in total. The Hall–Kier alpha value is -1.43. The quantitative estimate of drug-likeness (QED) is 0.599. The topological polar surface area (TPSA) is 66.3 Å². The normalized spacial score (nSPS) is 9.64. The number of nitrogens with one attached hydrogen (secondary N) is 1. The average Bonchev–Trinajstić information content (AvgIpc) is 2.19. The first kappa shape index (κ1) is 10.6. The van der Waals surface area contributed by atoms with Gasteiger partial charge in [-0.2, -0.15) is 20.1 Å². The number of hydrogen-bond donors (Lipinski definition) is 1. The third kappa shape index (κ3) is 2.29. The Labute approximate surface area is 87.0 Å². The maximum absolute atomic E-state index is 5.70. The van der Waals surface area contributed by atoms with Crippen LogP contribution in [0.3, 0.4) is 0 Å². The third-order valence-corrected chi connectivity index (χ3v) is 1.69. The number of hydrogen-bond acceptors (Lipinski definition) is 6. The first-order chi connectivity index (χ1) is 6.71. The van der Waals surface area contributed by atoms with Gasteiger partial charge < -0.3 is 5.32 Å². The predicted molar refractivity (Wildman–Crippen MR) is 57.0 cm³/mol. The van der Waals surface area contributed by atoms with Crippen molar-refractivity contribution < 1.29 is 0 Å². The lowest BCUT2D eigenvalue weighted by molar-refractivity contribution is 0.836. The van der Waals surface area contributed by atoms with Gasteiger partial charge in [0.15, 0.2) is 0 Å². The van der Waals surface area contributed by atoms with E-state index >= 15 is 0 Å². The van der Waals surface area contributed by atoms with Crippen LogP contribution >= 0.6 is 11.6 Å². The molecule has 1 rings (SSSR count). The summed E-state index contributed by atoms with van der Waals surface area (Å²) in [5.74, 6) is 0.786. The van der Waals surface area contributed by atoms with E-state index in [0.717, 1.165) is 0 Å². The lowest BCUT2D eigenvalue weighted by atomic mass is 10.7. The second-order valence-corrected chi connectivity index (χ2v) is 2.67. The van der Waals surface area contributed by atoms with Gasteiger partial charge in [0.05, 0.1) is 0 Å². The molecular weight excluding hydrogens is 204 g/mol. The summed E-state index contributed by atoms with van der Waals surface area (Å²) >= 11 is 5.70. The molecule has 1 heterocycles. The van der Waals surface area contributed by atoms with Crippen LogP contribution in [-0.4, -0.2) is 35.3 Å². The standard InChI is InChI=1S/C7H11ClN6/c1-4-14(10-3)7-12-5(8)11-6(9-2)13-7/h3-4H2,1-2H3,(H,9,11,12,13). The van der Waals surface area contributed by atoms with Crippen LogP contribution in [0, 0.1) is 0 Å². The average molecular weight is 215 g/mol. The fourth-order valence-corrected chi connectivity index (χ4v) is 1.03. The van der Waals surface area contributed by atoms with Crippen molar-refractivity contribution in [2.75, 3.05) is 23.9 Å². The van der Waals surface area contributed by atoms with Gasteiger partial charge in [0.25, 0.3) is 5.95 Å². The van der Waals surface area contributed by atoms with Gasteiger partial charge in [0.2, 0.25) is 11.2 Å². The molecule has 0 amide bonds. The van der Waals surface area contributed by atoms with Gasteiger partial charge in [-0.1, -0.05) is 0 Å². The molecule has 0 bridgehead atoms. The molecule has 0 aliphatic rings. The van der Waals surface area contributed by atoms with Crippen molar-refractivity contribution in [3.63, 3.8) is 0 Å². The fourth-order valence-electron chi connectivity index (χ4n) is 0.872. The van der Waals surface area contributed by atoms with Crippen molar-refractivity contribution in [3.05, 3.63) is 5.28 Å². The maximum Gasteiger partial charge on any atom is 0.252 e. The van der Waals surface area contributed by atoms with Crippen LogP contribution in [0.1, 0.15) is 6.92 Å². The van der Waals surface area contributed by atoms with Crippen molar-refractivity contribution in [2.45, 2.75) is 6.92 Å². The van der Waals surface area contributed by atoms with Gasteiger partial charge in [-0.05, 0) is 18.5 Å². The Bertz CT molecular complexity index is 328. The maximum atomic E-state index is 5.70. The summed E-state index contributed by atoms with van der Waals surface area (Å²) in [6.07, 6.45) is 0. The molecule has 14 heavy (non-hydrogen) atoms. The molecule has 0 atom stereocenters. The summed E-state index contributed by atoms with van der Waals surface area (Å²) < 4.78 is 0. The van der Waals surface area contributed by atoms with Gasteiger partial charge in [0, 0.05) is 20.3 Å². The van der Waals surface area contributed by atoms with Crippen LogP contribution in [0.2, 0.25) is 5.28 Å². The Balaban J connectivity index is 3.07. The molecule has 0 saturated heterocycles. The van der Waals surface area contributed by atoms with Gasteiger partial charge in [-0.15, -0.1) is 0 Å². The first-order valence-corrected chi connectivity index (χ1v) is 4.42. The third-order valence-electron chi connectivity index (χ3n) is 1.52. The molecule has 0 aromatic carbocycles. The van der Waals surface area contributed by atoms with Gasteiger partial charge in [-0.25, -0.2) is 5.01 Å². The minimum absolute atomic E-state index is 0.126. The van der Waals surface area contributed by atoms with Crippen molar-refractivity contribution in [1.29, 1.82) is 0 Å². The summed E-state index contributed by atoms with van der Waals surface area (Å²) in [6.45, 7) is 5.93. The van der Waals surface area contributed by atoms with E-state index in [1.54, 1.807) is 7.05 Å². The highest BCUT2D eigenvalue weighted by Gasteiger charge is 2.08. The van der Waals surface area contributed by atoms with E-state index in [0.29, 0.717) is 18.4 Å². The van der Waals surface area contributed by atoms with Crippen molar-refractivity contribution in [3.8, 4) is 0 Å². The molecule has 1 aromatic rings. The predicted octanol–water partition coefficient (Wildman–Crippen LogP) is 1.01. The summed E-state index contributed by atoms with van der Waals surface area (Å²) in [5, 5.41) is 8.16. The van der Waals surface area contributed by atoms with E-state index in [4.69, 9.17) is 11.6 Å². The molecular formula is C7H11ClN6. The molecule has 0 saturated carbocycles. The van der Waals surface area contributed by atoms with Crippen molar-refractivity contribution in [1.82, 2.24) is 15.0 Å². The zero-order valence-corrected chi connectivity index (χ0v) is 8.78. The Kier molecular flexibility index (Phi) is 3.58. The molecule has 0 radical (unpaired) electrons. The van der Waals surface area contributed by atoms with Crippen LogP contribution in [0.15, 0.2) is 5.10 Å². The second-order valence-electron chi connectivity index (χ2n) is 2.34. The summed E-state index contributed by atoms with van der Waals surface area (Å²) in [6, 6.07) is 0. The van der Waals surface area contributed by atoms with Gasteiger partial charge in [0.1, 0.15) is 0 Å². The SMILES string of the molecule is C=NN(CC)c1nc(Cl)nc(NC)n1. The Morgan fingerprint density at radius 1 is 1.50 bits per heavy atom. The van der Waals surface area contributed by atoms with Crippen LogP contribution in [0.4, 0.5) is 11.9 Å². The number of rotatable bonds is 4. The molecule has 7 heteroatoms. The zero-order chi connectivity index (χ0) is 10.6. The number of aromatic nitrogens is 3. The lowest BCUT2D eigenvalue weighted by Crippen LogP contribution is -2.18. The molecule has 6 nitrogen and oxygen atoms in total.